The van der Waals surface area contributed by atoms with E-state index in [-0.39, 0.29) is 35.0 Å². The summed E-state index contributed by atoms with van der Waals surface area (Å²) < 4.78 is 5.59. The zero-order valence-electron chi connectivity index (χ0n) is 28.9. The summed E-state index contributed by atoms with van der Waals surface area (Å²) in [4.78, 5) is 81.1. The Hall–Kier alpha value is -3.18. The van der Waals surface area contributed by atoms with Gasteiger partial charge in [-0.2, -0.15) is 0 Å². The van der Waals surface area contributed by atoms with Crippen LogP contribution in [0.1, 0.15) is 107 Å². The molecule has 5 amide bonds. The molecule has 3 saturated carbocycles. The molecular weight excluding hydrogens is 590 g/mol. The number of nitrogens with zero attached hydrogens (tertiary/aromatic N) is 1. The first kappa shape index (κ1) is 35.7. The van der Waals surface area contributed by atoms with Gasteiger partial charge in [0.2, 0.25) is 17.6 Å². The number of ether oxygens (including phenoxy) is 1. The van der Waals surface area contributed by atoms with Crippen molar-refractivity contribution in [1.82, 2.24) is 20.9 Å². The number of rotatable bonds is 11. The van der Waals surface area contributed by atoms with Crippen molar-refractivity contribution in [1.29, 1.82) is 0 Å². The standard InChI is InChI=1S/C34H55N5O7/c1-32(2,3)26(30(44)46-33(4,5)6)38-31(45)37-23(19-12-10-9-11-13-19)29(43)39-17-20-22(34(20,7)8)24(39)28(42)36-21(16-18-14-15-18)25(40)27(35)41/h18-24,26H,9-17H2,1-8H3,(H2,35,41)(H,36,42)(H2,37,38,45)/t20-,21?,22-,23-,24-,26-/m0/s1. The number of esters is 1. The van der Waals surface area contributed by atoms with Crippen LogP contribution in [0.5, 0.6) is 0 Å². The Balaban J connectivity index is 1.56. The molecule has 1 unspecified atom stereocenters. The number of ketones is 1. The van der Waals surface area contributed by atoms with E-state index in [1.807, 2.05) is 20.8 Å². The fourth-order valence-corrected chi connectivity index (χ4v) is 7.49. The fraction of sp³-hybridized carbons (Fsp3) is 0.824. The summed E-state index contributed by atoms with van der Waals surface area (Å²) in [5.74, 6) is -3.27. The van der Waals surface area contributed by atoms with Gasteiger partial charge in [-0.15, -0.1) is 0 Å². The van der Waals surface area contributed by atoms with Crippen molar-refractivity contribution in [2.45, 2.75) is 137 Å². The zero-order chi connectivity index (χ0) is 34.4. The van der Waals surface area contributed by atoms with Crippen molar-refractivity contribution in [3.8, 4) is 0 Å². The highest BCUT2D eigenvalue weighted by Gasteiger charge is 2.69. The van der Waals surface area contributed by atoms with Crippen LogP contribution in [-0.4, -0.2) is 76.7 Å². The molecule has 0 aromatic carbocycles. The third-order valence-electron chi connectivity index (χ3n) is 10.4. The third-order valence-corrected chi connectivity index (χ3v) is 10.4. The van der Waals surface area contributed by atoms with Gasteiger partial charge in [-0.1, -0.05) is 66.7 Å². The van der Waals surface area contributed by atoms with Crippen LogP contribution in [0, 0.1) is 34.5 Å². The minimum Gasteiger partial charge on any atom is -0.458 e. The number of Topliss-reactive ketones (excluding diaryl/α,β-unsaturated/α-hetero) is 1. The van der Waals surface area contributed by atoms with Crippen molar-refractivity contribution in [3.63, 3.8) is 0 Å². The Bertz CT molecular complexity index is 1230. The second-order valence-corrected chi connectivity index (χ2v) is 16.7. The van der Waals surface area contributed by atoms with Crippen LogP contribution in [0.4, 0.5) is 4.79 Å². The lowest BCUT2D eigenvalue weighted by Gasteiger charge is -2.38. The summed E-state index contributed by atoms with van der Waals surface area (Å²) in [5.41, 5.74) is 3.71. The number of nitrogens with two attached hydrogens (primary N) is 1. The molecule has 1 aliphatic heterocycles. The van der Waals surface area contributed by atoms with Gasteiger partial charge in [0.15, 0.2) is 0 Å². The average molecular weight is 646 g/mol. The fourth-order valence-electron chi connectivity index (χ4n) is 7.49. The molecule has 1 heterocycles. The number of primary amides is 1. The lowest BCUT2D eigenvalue weighted by atomic mass is 9.83. The van der Waals surface area contributed by atoms with E-state index < -0.39 is 64.8 Å². The number of carbonyl (C=O) groups excluding carboxylic acids is 6. The average Bonchev–Trinajstić information content (AvgIpc) is 3.79. The highest BCUT2D eigenvalue weighted by Crippen LogP contribution is 2.65. The zero-order valence-corrected chi connectivity index (χ0v) is 28.9. The Morgan fingerprint density at radius 3 is 2.02 bits per heavy atom. The lowest BCUT2D eigenvalue weighted by Crippen LogP contribution is -2.62. The third kappa shape index (κ3) is 8.20. The van der Waals surface area contributed by atoms with Crippen LogP contribution >= 0.6 is 0 Å². The maximum atomic E-state index is 14.5. The minimum atomic E-state index is -1.09. The molecule has 0 aromatic rings. The van der Waals surface area contributed by atoms with Gasteiger partial charge in [0, 0.05) is 6.54 Å². The van der Waals surface area contributed by atoms with Crippen molar-refractivity contribution in [2.75, 3.05) is 6.54 Å². The summed E-state index contributed by atoms with van der Waals surface area (Å²) in [7, 11) is 0. The Morgan fingerprint density at radius 1 is 0.891 bits per heavy atom. The highest BCUT2D eigenvalue weighted by atomic mass is 16.6. The quantitative estimate of drug-likeness (QED) is 0.197. The predicted molar refractivity (Wildman–Crippen MR) is 171 cm³/mol. The SMILES string of the molecule is CC(C)(C)OC(=O)[C@H](NC(=O)N[C@H](C(=O)N1C[C@H]2[C@@H]([C@H]1C(=O)NC(CC1CC1)C(=O)C(N)=O)C2(C)C)C1CCCCC1)C(C)(C)C. The van der Waals surface area contributed by atoms with Crippen molar-refractivity contribution < 1.29 is 33.5 Å². The smallest absolute Gasteiger partial charge is 0.329 e. The number of amides is 5. The van der Waals surface area contributed by atoms with Gasteiger partial charge in [-0.25, -0.2) is 9.59 Å². The monoisotopic (exact) mass is 645 g/mol. The molecule has 12 heteroatoms. The normalized spacial score (nSPS) is 26.2. The molecule has 12 nitrogen and oxygen atoms in total. The van der Waals surface area contributed by atoms with Crippen molar-refractivity contribution in [3.05, 3.63) is 0 Å². The number of piperidine rings is 1. The van der Waals surface area contributed by atoms with Crippen LogP contribution < -0.4 is 21.7 Å². The first-order valence-electron chi connectivity index (χ1n) is 17.0. The molecule has 258 valence electrons. The number of carbonyl (C=O) groups is 6. The molecule has 4 rings (SSSR count). The van der Waals surface area contributed by atoms with E-state index in [0.29, 0.717) is 13.0 Å². The molecule has 5 N–H and O–H groups in total. The number of urea groups is 1. The second kappa shape index (κ2) is 13.1. The second-order valence-electron chi connectivity index (χ2n) is 16.7. The predicted octanol–water partition coefficient (Wildman–Crippen LogP) is 2.81. The Morgan fingerprint density at radius 2 is 1.50 bits per heavy atom. The summed E-state index contributed by atoms with van der Waals surface area (Å²) >= 11 is 0. The van der Waals surface area contributed by atoms with Gasteiger partial charge in [-0.3, -0.25) is 19.2 Å². The van der Waals surface area contributed by atoms with Crippen LogP contribution in [0.25, 0.3) is 0 Å². The topological polar surface area (TPSA) is 177 Å². The van der Waals surface area contributed by atoms with E-state index in [0.717, 1.165) is 44.9 Å². The van der Waals surface area contributed by atoms with Crippen molar-refractivity contribution >= 4 is 35.5 Å². The maximum absolute atomic E-state index is 14.5. The molecule has 4 fully saturated rings. The summed E-state index contributed by atoms with van der Waals surface area (Å²) in [5, 5.41) is 8.47. The first-order valence-corrected chi connectivity index (χ1v) is 17.0. The largest absolute Gasteiger partial charge is 0.458 e. The summed E-state index contributed by atoms with van der Waals surface area (Å²) in [6.07, 6.45) is 6.54. The van der Waals surface area contributed by atoms with E-state index in [9.17, 15) is 28.8 Å². The van der Waals surface area contributed by atoms with Gasteiger partial charge in [0.05, 0.1) is 6.04 Å². The molecular formula is C34H55N5O7. The van der Waals surface area contributed by atoms with Gasteiger partial charge < -0.3 is 31.3 Å². The molecule has 0 spiro atoms. The lowest BCUT2D eigenvalue weighted by molar-refractivity contribution is -0.160. The number of hydrogen-bond acceptors (Lipinski definition) is 7. The molecule has 46 heavy (non-hydrogen) atoms. The van der Waals surface area contributed by atoms with Crippen LogP contribution in [0.3, 0.4) is 0 Å². The number of likely N-dealkylation sites (tertiary alicyclic amines) is 1. The van der Waals surface area contributed by atoms with Crippen LogP contribution in [0.15, 0.2) is 0 Å². The number of hydrogen-bond donors (Lipinski definition) is 4. The Labute approximate surface area is 273 Å². The van der Waals surface area contributed by atoms with Gasteiger partial charge >= 0.3 is 12.0 Å². The van der Waals surface area contributed by atoms with E-state index >= 15 is 0 Å². The molecule has 0 aromatic heterocycles. The van der Waals surface area contributed by atoms with Gasteiger partial charge in [0.1, 0.15) is 23.7 Å². The van der Waals surface area contributed by atoms with E-state index in [4.69, 9.17) is 10.5 Å². The molecule has 0 bridgehead atoms. The van der Waals surface area contributed by atoms with E-state index in [2.05, 4.69) is 29.8 Å². The number of nitrogens with one attached hydrogen (secondary N) is 3. The molecule has 4 aliphatic rings. The van der Waals surface area contributed by atoms with E-state index in [1.165, 1.54) is 0 Å². The molecule has 0 radical (unpaired) electrons. The highest BCUT2D eigenvalue weighted by molar-refractivity contribution is 6.37. The van der Waals surface area contributed by atoms with Crippen molar-refractivity contribution in [2.24, 2.45) is 40.2 Å². The first-order chi connectivity index (χ1) is 21.2. The number of fused-ring (bicyclic) bond motifs is 1. The van der Waals surface area contributed by atoms with Gasteiger partial charge in [-0.05, 0) is 74.5 Å². The maximum Gasteiger partial charge on any atom is 0.329 e. The minimum absolute atomic E-state index is 0.0826. The van der Waals surface area contributed by atoms with Crippen LogP contribution in [-0.2, 0) is 28.7 Å². The summed E-state index contributed by atoms with van der Waals surface area (Å²) in [6.45, 7) is 15.2. The van der Waals surface area contributed by atoms with E-state index in [1.54, 1.807) is 25.7 Å². The molecule has 6 atom stereocenters. The molecule has 1 saturated heterocycles. The van der Waals surface area contributed by atoms with Crippen LogP contribution in [0.2, 0.25) is 0 Å². The molecule has 3 aliphatic carbocycles. The summed E-state index contributed by atoms with van der Waals surface area (Å²) in [6, 6.07) is -4.42. The Kier molecular flexibility index (Phi) is 10.2. The van der Waals surface area contributed by atoms with Gasteiger partial charge in [0.25, 0.3) is 5.91 Å².